The van der Waals surface area contributed by atoms with Crippen molar-refractivity contribution >= 4 is 17.6 Å². The van der Waals surface area contributed by atoms with Crippen LogP contribution in [-0.4, -0.2) is 27.3 Å². The Morgan fingerprint density at radius 2 is 2.33 bits per heavy atom. The molecule has 0 aliphatic rings. The molecule has 0 radical (unpaired) electrons. The van der Waals surface area contributed by atoms with E-state index in [1.165, 1.54) is 6.20 Å². The Morgan fingerprint density at radius 1 is 1.56 bits per heavy atom. The Bertz CT molecular complexity index is 632. The molecule has 0 atom stereocenters. The third-order valence-corrected chi connectivity index (χ3v) is 2.41. The van der Waals surface area contributed by atoms with Crippen molar-refractivity contribution in [1.82, 2.24) is 14.8 Å². The molecule has 0 bridgehead atoms. The lowest BCUT2D eigenvalue weighted by molar-refractivity contribution is 0.0525. The van der Waals surface area contributed by atoms with Gasteiger partial charge >= 0.3 is 5.97 Å². The molecule has 0 amide bonds. The number of aromatic amines is 1. The number of hydrogen-bond acceptors (Lipinski definition) is 4. The molecule has 0 spiro atoms. The summed E-state index contributed by atoms with van der Waals surface area (Å²) in [6.45, 7) is 1.88. The highest BCUT2D eigenvalue weighted by atomic mass is 35.5. The molecule has 2 rings (SSSR count). The van der Waals surface area contributed by atoms with Crippen LogP contribution >= 0.6 is 11.6 Å². The third kappa shape index (κ3) is 2.28. The Balaban J connectivity index is 2.43. The van der Waals surface area contributed by atoms with Gasteiger partial charge in [0.05, 0.1) is 6.61 Å². The summed E-state index contributed by atoms with van der Waals surface area (Å²) in [7, 11) is 0. The van der Waals surface area contributed by atoms with Crippen LogP contribution in [0.4, 0.5) is 0 Å². The number of nitrogens with one attached hydrogen (secondary N) is 1. The van der Waals surface area contributed by atoms with E-state index in [-0.39, 0.29) is 17.3 Å². The van der Waals surface area contributed by atoms with Crippen LogP contribution in [-0.2, 0) is 4.74 Å². The van der Waals surface area contributed by atoms with E-state index in [4.69, 9.17) is 16.3 Å². The van der Waals surface area contributed by atoms with Crippen molar-refractivity contribution in [2.24, 2.45) is 0 Å². The van der Waals surface area contributed by atoms with E-state index in [0.717, 1.165) is 4.68 Å². The van der Waals surface area contributed by atoms with Crippen LogP contribution < -0.4 is 5.56 Å². The molecule has 7 heteroatoms. The Morgan fingerprint density at radius 3 is 3.00 bits per heavy atom. The average molecular weight is 268 g/mol. The summed E-state index contributed by atoms with van der Waals surface area (Å²) in [5, 5.41) is 2.90. The first-order valence-corrected chi connectivity index (χ1v) is 5.61. The number of H-pyrrole nitrogens is 1. The zero-order valence-corrected chi connectivity index (χ0v) is 10.3. The Hall–Kier alpha value is -2.08. The number of rotatable bonds is 3. The topological polar surface area (TPSA) is 77.0 Å². The zero-order valence-electron chi connectivity index (χ0n) is 9.51. The van der Waals surface area contributed by atoms with E-state index in [2.05, 4.69) is 10.1 Å². The maximum atomic E-state index is 11.9. The summed E-state index contributed by atoms with van der Waals surface area (Å²) in [5.41, 5.74) is -0.596. The molecule has 0 saturated heterocycles. The van der Waals surface area contributed by atoms with E-state index < -0.39 is 11.5 Å². The van der Waals surface area contributed by atoms with E-state index in [9.17, 15) is 9.59 Å². The van der Waals surface area contributed by atoms with Crippen molar-refractivity contribution in [3.63, 3.8) is 0 Å². The summed E-state index contributed by atoms with van der Waals surface area (Å²) in [5.74, 6) is -0.359. The maximum absolute atomic E-state index is 11.9. The maximum Gasteiger partial charge on any atom is 0.345 e. The lowest BCUT2D eigenvalue weighted by atomic mass is 10.3. The molecule has 18 heavy (non-hydrogen) atoms. The second kappa shape index (κ2) is 5.05. The molecule has 94 valence electrons. The zero-order chi connectivity index (χ0) is 13.1. The van der Waals surface area contributed by atoms with Gasteiger partial charge in [0.15, 0.2) is 5.82 Å². The summed E-state index contributed by atoms with van der Waals surface area (Å²) < 4.78 is 5.89. The van der Waals surface area contributed by atoms with Crippen molar-refractivity contribution in [3.05, 3.63) is 45.5 Å². The van der Waals surface area contributed by atoms with Crippen LogP contribution in [0.5, 0.6) is 0 Å². The second-order valence-electron chi connectivity index (χ2n) is 3.37. The molecule has 2 aromatic heterocycles. The summed E-state index contributed by atoms with van der Waals surface area (Å²) in [6.07, 6.45) is 1.28. The van der Waals surface area contributed by atoms with Gasteiger partial charge < -0.3 is 4.74 Å². The molecular formula is C11H10ClN3O3. The van der Waals surface area contributed by atoms with Gasteiger partial charge in [-0.1, -0.05) is 17.7 Å². The monoisotopic (exact) mass is 267 g/mol. The molecule has 0 aromatic carbocycles. The number of ether oxygens (including phenoxy) is 1. The van der Waals surface area contributed by atoms with Crippen LogP contribution in [0.1, 0.15) is 17.3 Å². The molecule has 2 heterocycles. The van der Waals surface area contributed by atoms with E-state index in [1.54, 1.807) is 25.1 Å². The first-order chi connectivity index (χ1) is 8.63. The summed E-state index contributed by atoms with van der Waals surface area (Å²) >= 11 is 5.73. The molecule has 2 aromatic rings. The highest BCUT2D eigenvalue weighted by molar-refractivity contribution is 6.29. The Labute approximate surface area is 107 Å². The molecule has 0 aliphatic heterocycles. The number of carbonyl (C=O) groups is 1. The molecular weight excluding hydrogens is 258 g/mol. The van der Waals surface area contributed by atoms with Crippen molar-refractivity contribution in [2.75, 3.05) is 6.61 Å². The lowest BCUT2D eigenvalue weighted by Gasteiger charge is -2.00. The van der Waals surface area contributed by atoms with Gasteiger partial charge in [-0.05, 0) is 19.1 Å². The largest absolute Gasteiger partial charge is 0.462 e. The first kappa shape index (κ1) is 12.4. The van der Waals surface area contributed by atoms with E-state index in [1.807, 2.05) is 0 Å². The summed E-state index contributed by atoms with van der Waals surface area (Å²) in [6, 6.07) is 4.84. The van der Waals surface area contributed by atoms with Crippen LogP contribution in [0.15, 0.2) is 29.2 Å². The molecule has 0 aliphatic carbocycles. The third-order valence-electron chi connectivity index (χ3n) is 2.20. The number of hydrogen-bond donors (Lipinski definition) is 1. The number of carbonyl (C=O) groups excluding carboxylic acids is 1. The molecule has 0 unspecified atom stereocenters. The number of esters is 1. The number of pyridine rings is 1. The summed E-state index contributed by atoms with van der Waals surface area (Å²) in [4.78, 5) is 27.4. The van der Waals surface area contributed by atoms with E-state index in [0.29, 0.717) is 5.82 Å². The van der Waals surface area contributed by atoms with Gasteiger partial charge in [0.25, 0.3) is 5.56 Å². The molecule has 1 N–H and O–H groups in total. The normalized spacial score (nSPS) is 10.3. The smallest absolute Gasteiger partial charge is 0.345 e. The minimum atomic E-state index is -0.667. The second-order valence-corrected chi connectivity index (χ2v) is 3.75. The minimum absolute atomic E-state index is 0.0707. The number of halogens is 1. The van der Waals surface area contributed by atoms with Gasteiger partial charge in [-0.25, -0.2) is 14.5 Å². The van der Waals surface area contributed by atoms with Crippen LogP contribution in [0.2, 0.25) is 5.15 Å². The van der Waals surface area contributed by atoms with Crippen molar-refractivity contribution < 1.29 is 9.53 Å². The fourth-order valence-corrected chi connectivity index (χ4v) is 1.58. The fraction of sp³-hybridized carbons (Fsp3) is 0.182. The van der Waals surface area contributed by atoms with Gasteiger partial charge in [0.2, 0.25) is 0 Å². The minimum Gasteiger partial charge on any atom is -0.462 e. The van der Waals surface area contributed by atoms with Gasteiger partial charge in [-0.15, -0.1) is 0 Å². The quantitative estimate of drug-likeness (QED) is 0.673. The molecule has 0 saturated carbocycles. The average Bonchev–Trinajstić information content (AvgIpc) is 2.71. The van der Waals surface area contributed by atoms with Crippen LogP contribution in [0.3, 0.4) is 0 Å². The van der Waals surface area contributed by atoms with Gasteiger partial charge in [-0.3, -0.25) is 9.89 Å². The standard InChI is InChI=1S/C11H10ClN3O3/c1-2-18-11(17)7-6-13-15(10(7)16)9-5-3-4-8(12)14-9/h3-6,13H,2H2,1H3. The predicted molar refractivity (Wildman–Crippen MR) is 65.2 cm³/mol. The first-order valence-electron chi connectivity index (χ1n) is 5.24. The van der Waals surface area contributed by atoms with E-state index >= 15 is 0 Å². The van der Waals surface area contributed by atoms with Crippen molar-refractivity contribution in [3.8, 4) is 5.82 Å². The van der Waals surface area contributed by atoms with Gasteiger partial charge in [0.1, 0.15) is 10.7 Å². The fourth-order valence-electron chi connectivity index (χ4n) is 1.42. The Kier molecular flexibility index (Phi) is 3.47. The van der Waals surface area contributed by atoms with Crippen molar-refractivity contribution in [1.29, 1.82) is 0 Å². The number of nitrogens with zero attached hydrogens (tertiary/aromatic N) is 2. The van der Waals surface area contributed by atoms with Crippen molar-refractivity contribution in [2.45, 2.75) is 6.92 Å². The predicted octanol–water partition coefficient (Wildman–Crippen LogP) is 1.39. The highest BCUT2D eigenvalue weighted by Gasteiger charge is 2.16. The molecule has 6 nitrogen and oxygen atoms in total. The highest BCUT2D eigenvalue weighted by Crippen LogP contribution is 2.07. The lowest BCUT2D eigenvalue weighted by Crippen LogP contribution is -2.22. The molecule has 0 fully saturated rings. The van der Waals surface area contributed by atoms with Crippen LogP contribution in [0.25, 0.3) is 5.82 Å². The van der Waals surface area contributed by atoms with Crippen LogP contribution in [0, 0.1) is 0 Å². The SMILES string of the molecule is CCOC(=O)c1c[nH]n(-c2cccc(Cl)n2)c1=O. The number of aromatic nitrogens is 3. The van der Waals surface area contributed by atoms with Gasteiger partial charge in [-0.2, -0.15) is 0 Å². The van der Waals surface area contributed by atoms with Gasteiger partial charge in [0, 0.05) is 6.20 Å².